The zero-order chi connectivity index (χ0) is 19.0. The summed E-state index contributed by atoms with van der Waals surface area (Å²) in [4.78, 5) is 9.34. The van der Waals surface area contributed by atoms with E-state index in [2.05, 4.69) is 71.8 Å². The molecule has 2 aromatic carbocycles. The summed E-state index contributed by atoms with van der Waals surface area (Å²) < 4.78 is 1.76. The molecular formula is C21H22N6. The molecule has 0 spiro atoms. The van der Waals surface area contributed by atoms with Crippen molar-refractivity contribution in [1.29, 1.82) is 0 Å². The molecule has 2 heterocycles. The quantitative estimate of drug-likeness (QED) is 0.550. The number of rotatable bonds is 4. The Hall–Kier alpha value is -3.41. The summed E-state index contributed by atoms with van der Waals surface area (Å²) in [5, 5.41) is 12.0. The molecule has 6 nitrogen and oxygen atoms in total. The normalized spacial score (nSPS) is 11.0. The van der Waals surface area contributed by atoms with E-state index in [1.807, 2.05) is 19.2 Å². The van der Waals surface area contributed by atoms with E-state index in [4.69, 9.17) is 4.98 Å². The van der Waals surface area contributed by atoms with Gasteiger partial charge in [0.15, 0.2) is 5.65 Å². The number of fused-ring (bicyclic) bond motifs is 1. The molecule has 0 aliphatic heterocycles. The van der Waals surface area contributed by atoms with Crippen molar-refractivity contribution >= 4 is 34.2 Å². The fourth-order valence-corrected chi connectivity index (χ4v) is 2.94. The number of nitrogens with one attached hydrogen (secondary N) is 2. The molecule has 0 saturated heterocycles. The number of aryl methyl sites for hydroxylation is 4. The molecule has 136 valence electrons. The molecule has 0 atom stereocenters. The van der Waals surface area contributed by atoms with Crippen LogP contribution < -0.4 is 10.6 Å². The van der Waals surface area contributed by atoms with Gasteiger partial charge in [0.25, 0.3) is 0 Å². The summed E-state index contributed by atoms with van der Waals surface area (Å²) in [6, 6.07) is 14.5. The summed E-state index contributed by atoms with van der Waals surface area (Å²) in [7, 11) is 1.88. The second-order valence-electron chi connectivity index (χ2n) is 6.84. The van der Waals surface area contributed by atoms with Crippen LogP contribution in [-0.4, -0.2) is 19.7 Å². The number of aromatic nitrogens is 4. The second-order valence-corrected chi connectivity index (χ2v) is 6.84. The Morgan fingerprint density at radius 1 is 0.852 bits per heavy atom. The van der Waals surface area contributed by atoms with E-state index >= 15 is 0 Å². The fourth-order valence-electron chi connectivity index (χ4n) is 2.94. The Balaban J connectivity index is 1.76. The largest absolute Gasteiger partial charge is 0.339 e. The molecule has 0 radical (unpaired) electrons. The molecule has 0 unspecified atom stereocenters. The highest BCUT2D eigenvalue weighted by Gasteiger charge is 2.13. The molecule has 27 heavy (non-hydrogen) atoms. The molecule has 0 aliphatic rings. The maximum Gasteiger partial charge on any atom is 0.231 e. The smallest absolute Gasteiger partial charge is 0.231 e. The van der Waals surface area contributed by atoms with Gasteiger partial charge < -0.3 is 10.6 Å². The van der Waals surface area contributed by atoms with Gasteiger partial charge in [-0.1, -0.05) is 29.8 Å². The standard InChI is InChI=1S/C21H22N6/c1-13-6-9-16(10-7-13)23-21-25-19(17-12-22-27(4)20(17)26-21)24-18-11-14(2)5-8-15(18)3/h5-12H,1-4H3,(H2,23,24,25,26). The van der Waals surface area contributed by atoms with Crippen LogP contribution in [-0.2, 0) is 7.05 Å². The second kappa shape index (κ2) is 6.72. The van der Waals surface area contributed by atoms with Gasteiger partial charge in [-0.15, -0.1) is 0 Å². The highest BCUT2D eigenvalue weighted by molar-refractivity contribution is 5.90. The van der Waals surface area contributed by atoms with E-state index in [1.165, 1.54) is 11.1 Å². The summed E-state index contributed by atoms with van der Waals surface area (Å²) in [5.41, 5.74) is 6.30. The predicted molar refractivity (Wildman–Crippen MR) is 110 cm³/mol. The van der Waals surface area contributed by atoms with E-state index in [-0.39, 0.29) is 0 Å². The highest BCUT2D eigenvalue weighted by atomic mass is 15.3. The third-order valence-electron chi connectivity index (χ3n) is 4.55. The maximum absolute atomic E-state index is 4.71. The average molecular weight is 358 g/mol. The average Bonchev–Trinajstić information content (AvgIpc) is 3.02. The Bertz CT molecular complexity index is 1110. The van der Waals surface area contributed by atoms with Crippen LogP contribution in [0.3, 0.4) is 0 Å². The SMILES string of the molecule is Cc1ccc(Nc2nc(Nc3cc(C)ccc3C)c3cnn(C)c3n2)cc1. The Kier molecular flexibility index (Phi) is 4.24. The Labute approximate surface area is 158 Å². The lowest BCUT2D eigenvalue weighted by atomic mass is 10.1. The highest BCUT2D eigenvalue weighted by Crippen LogP contribution is 2.28. The van der Waals surface area contributed by atoms with E-state index in [9.17, 15) is 0 Å². The Morgan fingerprint density at radius 2 is 1.59 bits per heavy atom. The lowest BCUT2D eigenvalue weighted by Gasteiger charge is -2.13. The first-order valence-corrected chi connectivity index (χ1v) is 8.87. The first-order valence-electron chi connectivity index (χ1n) is 8.87. The lowest BCUT2D eigenvalue weighted by molar-refractivity contribution is 0.786. The van der Waals surface area contributed by atoms with Crippen molar-refractivity contribution in [3.8, 4) is 0 Å². The van der Waals surface area contributed by atoms with Crippen LogP contribution in [0.25, 0.3) is 11.0 Å². The van der Waals surface area contributed by atoms with Gasteiger partial charge in [-0.05, 0) is 50.1 Å². The molecule has 0 aliphatic carbocycles. The number of benzene rings is 2. The van der Waals surface area contributed by atoms with Crippen LogP contribution in [0.5, 0.6) is 0 Å². The number of hydrogen-bond acceptors (Lipinski definition) is 5. The summed E-state index contributed by atoms with van der Waals surface area (Å²) in [6.45, 7) is 6.22. The van der Waals surface area contributed by atoms with E-state index in [0.717, 1.165) is 33.8 Å². The zero-order valence-electron chi connectivity index (χ0n) is 15.9. The van der Waals surface area contributed by atoms with Crippen LogP contribution in [0.1, 0.15) is 16.7 Å². The van der Waals surface area contributed by atoms with Crippen LogP contribution in [0, 0.1) is 20.8 Å². The minimum absolute atomic E-state index is 0.530. The molecule has 2 N–H and O–H groups in total. The fraction of sp³-hybridized carbons (Fsp3) is 0.190. The molecule has 0 amide bonds. The van der Waals surface area contributed by atoms with Crippen molar-refractivity contribution in [3.05, 3.63) is 65.4 Å². The molecule has 0 saturated carbocycles. The van der Waals surface area contributed by atoms with Crippen molar-refractivity contribution in [2.24, 2.45) is 7.05 Å². The van der Waals surface area contributed by atoms with Gasteiger partial charge in [-0.2, -0.15) is 15.1 Å². The minimum Gasteiger partial charge on any atom is -0.339 e. The van der Waals surface area contributed by atoms with E-state index < -0.39 is 0 Å². The van der Waals surface area contributed by atoms with Gasteiger partial charge in [0.2, 0.25) is 5.95 Å². The summed E-state index contributed by atoms with van der Waals surface area (Å²) in [5.74, 6) is 1.26. The zero-order valence-corrected chi connectivity index (χ0v) is 15.9. The van der Waals surface area contributed by atoms with Crippen molar-refractivity contribution < 1.29 is 0 Å². The molecule has 6 heteroatoms. The predicted octanol–water partition coefficient (Wildman–Crippen LogP) is 4.78. The topological polar surface area (TPSA) is 67.7 Å². The monoisotopic (exact) mass is 358 g/mol. The van der Waals surface area contributed by atoms with Crippen LogP contribution in [0.15, 0.2) is 48.7 Å². The van der Waals surface area contributed by atoms with Gasteiger partial charge in [0, 0.05) is 18.4 Å². The number of anilines is 4. The van der Waals surface area contributed by atoms with Gasteiger partial charge in [-0.3, -0.25) is 4.68 Å². The minimum atomic E-state index is 0.530. The number of nitrogens with zero attached hydrogens (tertiary/aromatic N) is 4. The molecule has 2 aromatic heterocycles. The van der Waals surface area contributed by atoms with E-state index in [1.54, 1.807) is 10.9 Å². The summed E-state index contributed by atoms with van der Waals surface area (Å²) >= 11 is 0. The molecular weight excluding hydrogens is 336 g/mol. The maximum atomic E-state index is 4.71. The molecule has 4 rings (SSSR count). The Morgan fingerprint density at radius 3 is 2.37 bits per heavy atom. The van der Waals surface area contributed by atoms with Crippen LogP contribution in [0.2, 0.25) is 0 Å². The van der Waals surface area contributed by atoms with E-state index in [0.29, 0.717) is 5.95 Å². The van der Waals surface area contributed by atoms with Gasteiger partial charge in [0.1, 0.15) is 5.82 Å². The molecule has 4 aromatic rings. The third kappa shape index (κ3) is 3.46. The van der Waals surface area contributed by atoms with Crippen molar-refractivity contribution in [3.63, 3.8) is 0 Å². The summed E-state index contributed by atoms with van der Waals surface area (Å²) in [6.07, 6.45) is 1.79. The van der Waals surface area contributed by atoms with Gasteiger partial charge in [0.05, 0.1) is 11.6 Å². The van der Waals surface area contributed by atoms with Gasteiger partial charge in [-0.25, -0.2) is 0 Å². The first kappa shape index (κ1) is 17.0. The van der Waals surface area contributed by atoms with Gasteiger partial charge >= 0.3 is 0 Å². The molecule has 0 fully saturated rings. The van der Waals surface area contributed by atoms with Crippen molar-refractivity contribution in [2.75, 3.05) is 10.6 Å². The van der Waals surface area contributed by atoms with Crippen molar-refractivity contribution in [2.45, 2.75) is 20.8 Å². The molecule has 0 bridgehead atoms. The number of hydrogen-bond donors (Lipinski definition) is 2. The first-order chi connectivity index (χ1) is 13.0. The third-order valence-corrected chi connectivity index (χ3v) is 4.55. The van der Waals surface area contributed by atoms with Crippen LogP contribution >= 0.6 is 0 Å². The lowest BCUT2D eigenvalue weighted by Crippen LogP contribution is -2.04. The van der Waals surface area contributed by atoms with Crippen LogP contribution in [0.4, 0.5) is 23.1 Å². The van der Waals surface area contributed by atoms with Crippen molar-refractivity contribution in [1.82, 2.24) is 19.7 Å².